The van der Waals surface area contributed by atoms with Crippen molar-refractivity contribution in [1.82, 2.24) is 10.3 Å². The van der Waals surface area contributed by atoms with Gasteiger partial charge in [0.1, 0.15) is 17.0 Å². The topological polar surface area (TPSA) is 97.8 Å². The van der Waals surface area contributed by atoms with Gasteiger partial charge in [0, 0.05) is 18.2 Å². The Hall–Kier alpha value is -4.15. The van der Waals surface area contributed by atoms with Gasteiger partial charge in [-0.2, -0.15) is 0 Å². The standard InChI is InChI=1S/C25H20F4N2O5/c1-13-10-15(11-14(2)20(13)23(33)34)22(32)31-24(7-9-35-19-4-3-8-30-21(19)24)16-5-6-18(17(26)12-16)36-25(27,28)29/h3-6,8,10-12H,7,9H2,1-2H3,(H,31,32)(H,33,34). The molecule has 0 aliphatic carbocycles. The van der Waals surface area contributed by atoms with Crippen molar-refractivity contribution >= 4 is 11.9 Å². The normalized spacial score (nSPS) is 17.1. The van der Waals surface area contributed by atoms with E-state index in [4.69, 9.17) is 4.74 Å². The molecule has 36 heavy (non-hydrogen) atoms. The van der Waals surface area contributed by atoms with Gasteiger partial charge in [0.25, 0.3) is 5.91 Å². The number of nitrogens with one attached hydrogen (secondary N) is 1. The summed E-state index contributed by atoms with van der Waals surface area (Å²) in [5, 5.41) is 12.3. The van der Waals surface area contributed by atoms with Crippen LogP contribution < -0.4 is 14.8 Å². The molecule has 0 saturated heterocycles. The number of ether oxygens (including phenoxy) is 2. The first-order chi connectivity index (χ1) is 16.9. The first kappa shape index (κ1) is 25.0. The van der Waals surface area contributed by atoms with Gasteiger partial charge in [0.2, 0.25) is 0 Å². The number of carboxylic acid groups (broad SMARTS) is 1. The molecular formula is C25H20F4N2O5. The lowest BCUT2D eigenvalue weighted by Gasteiger charge is -2.39. The van der Waals surface area contributed by atoms with Crippen LogP contribution in [-0.4, -0.2) is 34.9 Å². The number of carboxylic acids is 1. The molecule has 0 saturated carbocycles. The molecule has 1 unspecified atom stereocenters. The Kier molecular flexibility index (Phi) is 6.33. The zero-order valence-electron chi connectivity index (χ0n) is 19.1. The summed E-state index contributed by atoms with van der Waals surface area (Å²) in [6, 6.07) is 8.95. The molecule has 0 fully saturated rings. The van der Waals surface area contributed by atoms with Crippen LogP contribution in [0.5, 0.6) is 11.5 Å². The minimum atomic E-state index is -5.08. The highest BCUT2D eigenvalue weighted by Gasteiger charge is 2.43. The average molecular weight is 504 g/mol. The van der Waals surface area contributed by atoms with Gasteiger partial charge in [-0.15, -0.1) is 13.2 Å². The maximum absolute atomic E-state index is 14.7. The van der Waals surface area contributed by atoms with Gasteiger partial charge < -0.3 is 19.9 Å². The third kappa shape index (κ3) is 4.68. The van der Waals surface area contributed by atoms with Crippen molar-refractivity contribution in [3.05, 3.63) is 88.0 Å². The van der Waals surface area contributed by atoms with Gasteiger partial charge in [0.15, 0.2) is 11.6 Å². The number of carbonyl (C=O) groups excluding carboxylic acids is 1. The van der Waals surface area contributed by atoms with Crippen LogP contribution in [0.25, 0.3) is 0 Å². The molecule has 0 spiro atoms. The van der Waals surface area contributed by atoms with E-state index in [2.05, 4.69) is 15.0 Å². The Bertz CT molecular complexity index is 1340. The molecular weight excluding hydrogens is 484 g/mol. The second-order valence-corrected chi connectivity index (χ2v) is 8.29. The van der Waals surface area contributed by atoms with Crippen LogP contribution >= 0.6 is 0 Å². The van der Waals surface area contributed by atoms with Gasteiger partial charge in [-0.05, 0) is 66.9 Å². The van der Waals surface area contributed by atoms with E-state index in [9.17, 15) is 32.3 Å². The Morgan fingerprint density at radius 2 is 1.83 bits per heavy atom. The van der Waals surface area contributed by atoms with Crippen molar-refractivity contribution in [2.75, 3.05) is 6.61 Å². The number of halogens is 4. The Morgan fingerprint density at radius 1 is 1.14 bits per heavy atom. The summed E-state index contributed by atoms with van der Waals surface area (Å²) in [4.78, 5) is 29.3. The largest absolute Gasteiger partial charge is 0.573 e. The number of carbonyl (C=O) groups is 2. The number of hydrogen-bond acceptors (Lipinski definition) is 5. The zero-order chi connectivity index (χ0) is 26.3. The van der Waals surface area contributed by atoms with Gasteiger partial charge >= 0.3 is 12.3 Å². The minimum absolute atomic E-state index is 0.0710. The fourth-order valence-electron chi connectivity index (χ4n) is 4.41. The molecule has 2 heterocycles. The summed E-state index contributed by atoms with van der Waals surface area (Å²) < 4.78 is 62.0. The fraction of sp³-hybridized carbons (Fsp3) is 0.240. The molecule has 0 radical (unpaired) electrons. The molecule has 1 aliphatic heterocycles. The van der Waals surface area contributed by atoms with E-state index < -0.39 is 35.3 Å². The van der Waals surface area contributed by atoms with E-state index in [1.54, 1.807) is 26.0 Å². The number of hydrogen-bond donors (Lipinski definition) is 2. The van der Waals surface area contributed by atoms with Crippen molar-refractivity contribution in [3.63, 3.8) is 0 Å². The molecule has 4 rings (SSSR count). The number of rotatable bonds is 5. The lowest BCUT2D eigenvalue weighted by Crippen LogP contribution is -2.50. The monoisotopic (exact) mass is 504 g/mol. The maximum Gasteiger partial charge on any atom is 0.573 e. The number of pyridine rings is 1. The Balaban J connectivity index is 1.82. The predicted molar refractivity (Wildman–Crippen MR) is 119 cm³/mol. The summed E-state index contributed by atoms with van der Waals surface area (Å²) in [5.74, 6) is -3.73. The molecule has 2 N–H and O–H groups in total. The first-order valence-electron chi connectivity index (χ1n) is 10.7. The van der Waals surface area contributed by atoms with Crippen LogP contribution in [0.15, 0.2) is 48.7 Å². The smallest absolute Gasteiger partial charge is 0.491 e. The summed E-state index contributed by atoms with van der Waals surface area (Å²) in [6.07, 6.45) is -3.55. The molecule has 1 aromatic heterocycles. The molecule has 0 bridgehead atoms. The lowest BCUT2D eigenvalue weighted by atomic mass is 9.81. The molecule has 3 aromatic rings. The maximum atomic E-state index is 14.7. The highest BCUT2D eigenvalue weighted by molar-refractivity contribution is 5.98. The van der Waals surface area contributed by atoms with Crippen molar-refractivity contribution in [2.24, 2.45) is 0 Å². The van der Waals surface area contributed by atoms with Crippen LogP contribution in [0.2, 0.25) is 0 Å². The number of amides is 1. The number of aryl methyl sites for hydroxylation is 2. The van der Waals surface area contributed by atoms with E-state index in [0.29, 0.717) is 16.9 Å². The highest BCUT2D eigenvalue weighted by Crippen LogP contribution is 2.42. The van der Waals surface area contributed by atoms with E-state index in [1.807, 2.05) is 0 Å². The minimum Gasteiger partial charge on any atom is -0.491 e. The Morgan fingerprint density at radius 3 is 2.44 bits per heavy atom. The number of benzene rings is 2. The number of nitrogens with zero attached hydrogens (tertiary/aromatic N) is 1. The predicted octanol–water partition coefficient (Wildman–Crippen LogP) is 4.89. The summed E-state index contributed by atoms with van der Waals surface area (Å²) in [6.45, 7) is 3.21. The van der Waals surface area contributed by atoms with Crippen LogP contribution in [0, 0.1) is 19.7 Å². The summed E-state index contributed by atoms with van der Waals surface area (Å²) >= 11 is 0. The van der Waals surface area contributed by atoms with Crippen molar-refractivity contribution in [1.29, 1.82) is 0 Å². The second-order valence-electron chi connectivity index (χ2n) is 8.29. The molecule has 188 valence electrons. The number of aromatic nitrogens is 1. The number of fused-ring (bicyclic) bond motifs is 1. The van der Waals surface area contributed by atoms with Crippen LogP contribution in [-0.2, 0) is 5.54 Å². The number of aromatic carboxylic acids is 1. The van der Waals surface area contributed by atoms with Gasteiger partial charge in [-0.1, -0.05) is 6.07 Å². The zero-order valence-corrected chi connectivity index (χ0v) is 19.1. The lowest BCUT2D eigenvalue weighted by molar-refractivity contribution is -0.275. The summed E-state index contributed by atoms with van der Waals surface area (Å²) in [7, 11) is 0. The molecule has 1 atom stereocenters. The highest BCUT2D eigenvalue weighted by atomic mass is 19.4. The molecule has 1 aliphatic rings. The van der Waals surface area contributed by atoms with E-state index in [1.165, 1.54) is 24.4 Å². The van der Waals surface area contributed by atoms with Crippen molar-refractivity contribution in [3.8, 4) is 11.5 Å². The molecule has 7 nitrogen and oxygen atoms in total. The molecule has 1 amide bonds. The average Bonchev–Trinajstić information content (AvgIpc) is 2.79. The molecule has 11 heteroatoms. The van der Waals surface area contributed by atoms with Crippen LogP contribution in [0.3, 0.4) is 0 Å². The summed E-state index contributed by atoms with van der Waals surface area (Å²) in [5.41, 5.74) is -0.140. The van der Waals surface area contributed by atoms with E-state index in [-0.39, 0.29) is 35.4 Å². The van der Waals surface area contributed by atoms with Gasteiger partial charge in [0.05, 0.1) is 12.2 Å². The second kappa shape index (κ2) is 9.14. The Labute approximate surface area is 202 Å². The molecule has 2 aromatic carbocycles. The first-order valence-corrected chi connectivity index (χ1v) is 10.7. The van der Waals surface area contributed by atoms with Crippen LogP contribution in [0.4, 0.5) is 17.6 Å². The van der Waals surface area contributed by atoms with Crippen molar-refractivity contribution in [2.45, 2.75) is 32.2 Å². The van der Waals surface area contributed by atoms with Gasteiger partial charge in [-0.25, -0.2) is 9.18 Å². The SMILES string of the molecule is Cc1cc(C(=O)NC2(c3ccc(OC(F)(F)F)c(F)c3)CCOc3cccnc32)cc(C)c1C(=O)O. The number of alkyl halides is 3. The van der Waals surface area contributed by atoms with E-state index in [0.717, 1.165) is 12.1 Å². The van der Waals surface area contributed by atoms with Crippen LogP contribution in [0.1, 0.15) is 49.5 Å². The van der Waals surface area contributed by atoms with Gasteiger partial charge in [-0.3, -0.25) is 9.78 Å². The third-order valence-corrected chi connectivity index (χ3v) is 5.90. The van der Waals surface area contributed by atoms with E-state index >= 15 is 0 Å². The third-order valence-electron chi connectivity index (χ3n) is 5.90. The van der Waals surface area contributed by atoms with Crippen molar-refractivity contribution < 1.29 is 41.7 Å². The quantitative estimate of drug-likeness (QED) is 0.481. The fourth-order valence-corrected chi connectivity index (χ4v) is 4.41.